The second kappa shape index (κ2) is 8.72. The Labute approximate surface area is 109 Å². The average Bonchev–Trinajstić information content (AvgIpc) is 2.35. The maximum atomic E-state index is 11.8. The van der Waals surface area contributed by atoms with Gasteiger partial charge in [-0.15, -0.1) is 0 Å². The lowest BCUT2D eigenvalue weighted by atomic mass is 9.95. The Morgan fingerprint density at radius 1 is 1.00 bits per heavy atom. The molecule has 0 spiro atoms. The van der Waals surface area contributed by atoms with Gasteiger partial charge in [-0.3, -0.25) is 0 Å². The topological polar surface area (TPSA) is 52.6 Å². The molecule has 0 fully saturated rings. The predicted molar refractivity (Wildman–Crippen MR) is 70.0 cm³/mol. The number of rotatable bonds is 7. The number of hydrogen-bond acceptors (Lipinski definition) is 4. The van der Waals surface area contributed by atoms with E-state index in [1.165, 1.54) is 14.2 Å². The lowest BCUT2D eigenvalue weighted by Gasteiger charge is -2.14. The Kier molecular flexibility index (Phi) is 8.08. The Morgan fingerprint density at radius 3 is 1.89 bits per heavy atom. The van der Waals surface area contributed by atoms with Gasteiger partial charge in [-0.1, -0.05) is 27.2 Å². The fraction of sp³-hybridized carbons (Fsp3) is 0.714. The maximum absolute atomic E-state index is 11.8. The Balaban J connectivity index is 5.36. The van der Waals surface area contributed by atoms with Gasteiger partial charge in [0.05, 0.1) is 14.2 Å². The normalized spacial score (nSPS) is 12.1. The molecule has 4 heteroatoms. The highest BCUT2D eigenvalue weighted by molar-refractivity contribution is 6.00. The molecule has 0 aromatic rings. The number of carbonyl (C=O) groups is 2. The van der Waals surface area contributed by atoms with Crippen LogP contribution in [-0.4, -0.2) is 26.2 Å². The molecule has 0 bridgehead atoms. The summed E-state index contributed by atoms with van der Waals surface area (Å²) in [5, 5.41) is 0. The molecule has 0 aliphatic carbocycles. The molecule has 0 atom stereocenters. The lowest BCUT2D eigenvalue weighted by Crippen LogP contribution is -2.16. The van der Waals surface area contributed by atoms with Gasteiger partial charge in [-0.05, 0) is 25.2 Å². The van der Waals surface area contributed by atoms with Gasteiger partial charge in [0, 0.05) is 11.1 Å². The predicted octanol–water partition coefficient (Wildman–Crippen LogP) is 2.87. The fourth-order valence-electron chi connectivity index (χ4n) is 1.71. The van der Waals surface area contributed by atoms with E-state index in [-0.39, 0.29) is 5.92 Å². The molecule has 0 N–H and O–H groups in total. The van der Waals surface area contributed by atoms with Crippen LogP contribution in [0.15, 0.2) is 11.1 Å². The largest absolute Gasteiger partial charge is 0.466 e. The summed E-state index contributed by atoms with van der Waals surface area (Å²) in [4.78, 5) is 23.6. The van der Waals surface area contributed by atoms with Crippen LogP contribution < -0.4 is 0 Å². The zero-order valence-corrected chi connectivity index (χ0v) is 12.0. The van der Waals surface area contributed by atoms with Crippen LogP contribution in [0.5, 0.6) is 0 Å². The van der Waals surface area contributed by atoms with Crippen molar-refractivity contribution >= 4 is 11.9 Å². The van der Waals surface area contributed by atoms with Crippen LogP contribution in [0.25, 0.3) is 0 Å². The quantitative estimate of drug-likeness (QED) is 0.519. The Hall–Kier alpha value is -1.32. The summed E-state index contributed by atoms with van der Waals surface area (Å²) in [7, 11) is 2.66. The first-order valence-electron chi connectivity index (χ1n) is 6.36. The molecule has 4 nitrogen and oxygen atoms in total. The van der Waals surface area contributed by atoms with Gasteiger partial charge in [-0.2, -0.15) is 0 Å². The van der Waals surface area contributed by atoms with Crippen molar-refractivity contribution in [3.8, 4) is 0 Å². The van der Waals surface area contributed by atoms with E-state index in [0.29, 0.717) is 24.0 Å². The molecule has 0 saturated carbocycles. The first kappa shape index (κ1) is 16.7. The second-order valence-corrected chi connectivity index (χ2v) is 4.64. The van der Waals surface area contributed by atoms with Gasteiger partial charge in [0.25, 0.3) is 0 Å². The summed E-state index contributed by atoms with van der Waals surface area (Å²) in [5.41, 5.74) is 0.910. The van der Waals surface area contributed by atoms with Crippen molar-refractivity contribution in [1.29, 1.82) is 0 Å². The third kappa shape index (κ3) is 5.34. The number of carbonyl (C=O) groups excluding carboxylic acids is 2. The molecule has 0 aliphatic heterocycles. The second-order valence-electron chi connectivity index (χ2n) is 4.64. The van der Waals surface area contributed by atoms with Crippen molar-refractivity contribution in [1.82, 2.24) is 0 Å². The van der Waals surface area contributed by atoms with Gasteiger partial charge >= 0.3 is 11.9 Å². The molecule has 0 aromatic carbocycles. The highest BCUT2D eigenvalue weighted by atomic mass is 16.5. The van der Waals surface area contributed by atoms with Crippen LogP contribution in [0.2, 0.25) is 0 Å². The SMILES string of the molecule is CCCC/C(C(=O)OC)=C(\CC(C)C)C(=O)OC. The molecule has 18 heavy (non-hydrogen) atoms. The van der Waals surface area contributed by atoms with E-state index < -0.39 is 11.9 Å². The molecule has 0 aromatic heterocycles. The van der Waals surface area contributed by atoms with Crippen molar-refractivity contribution in [3.63, 3.8) is 0 Å². The number of hydrogen-bond donors (Lipinski definition) is 0. The summed E-state index contributed by atoms with van der Waals surface area (Å²) < 4.78 is 9.53. The monoisotopic (exact) mass is 256 g/mol. The summed E-state index contributed by atoms with van der Waals surface area (Å²) in [6.07, 6.45) is 2.89. The van der Waals surface area contributed by atoms with Crippen LogP contribution in [0.3, 0.4) is 0 Å². The van der Waals surface area contributed by atoms with Gasteiger partial charge in [0.15, 0.2) is 0 Å². The number of esters is 2. The average molecular weight is 256 g/mol. The molecular formula is C14H24O4. The molecular weight excluding hydrogens is 232 g/mol. The summed E-state index contributed by atoms with van der Waals surface area (Å²) >= 11 is 0. The van der Waals surface area contributed by atoms with Crippen LogP contribution >= 0.6 is 0 Å². The molecule has 0 amide bonds. The smallest absolute Gasteiger partial charge is 0.334 e. The first-order valence-corrected chi connectivity index (χ1v) is 6.36. The van der Waals surface area contributed by atoms with Gasteiger partial charge in [0.2, 0.25) is 0 Å². The van der Waals surface area contributed by atoms with E-state index in [1.54, 1.807) is 0 Å². The zero-order valence-electron chi connectivity index (χ0n) is 12.0. The van der Waals surface area contributed by atoms with Crippen molar-refractivity contribution in [3.05, 3.63) is 11.1 Å². The number of unbranched alkanes of at least 4 members (excludes halogenated alkanes) is 1. The van der Waals surface area contributed by atoms with Crippen molar-refractivity contribution in [2.75, 3.05) is 14.2 Å². The minimum absolute atomic E-state index is 0.278. The van der Waals surface area contributed by atoms with Crippen LogP contribution in [0.1, 0.15) is 46.5 Å². The number of ether oxygens (including phenoxy) is 2. The zero-order chi connectivity index (χ0) is 14.1. The van der Waals surface area contributed by atoms with Gasteiger partial charge < -0.3 is 9.47 Å². The molecule has 0 aliphatic rings. The third-order valence-corrected chi connectivity index (χ3v) is 2.62. The molecule has 0 radical (unpaired) electrons. The molecule has 0 rings (SSSR count). The molecule has 0 saturated heterocycles. The molecule has 0 heterocycles. The standard InChI is InChI=1S/C14H24O4/c1-6-7-8-11(13(15)17-4)12(9-10(2)3)14(16)18-5/h10H,6-9H2,1-5H3/b12-11-. The lowest BCUT2D eigenvalue weighted by molar-refractivity contribution is -0.139. The molecule has 104 valence electrons. The van der Waals surface area contributed by atoms with Crippen molar-refractivity contribution in [2.45, 2.75) is 46.5 Å². The summed E-state index contributed by atoms with van der Waals surface area (Å²) in [5.74, 6) is -0.579. The third-order valence-electron chi connectivity index (χ3n) is 2.62. The van der Waals surface area contributed by atoms with E-state index >= 15 is 0 Å². The van der Waals surface area contributed by atoms with E-state index in [2.05, 4.69) is 0 Å². The summed E-state index contributed by atoms with van der Waals surface area (Å²) in [6, 6.07) is 0. The first-order chi connectivity index (χ1) is 8.47. The van der Waals surface area contributed by atoms with Gasteiger partial charge in [0.1, 0.15) is 0 Å². The Morgan fingerprint density at radius 2 is 1.50 bits per heavy atom. The van der Waals surface area contributed by atoms with E-state index in [0.717, 1.165) is 12.8 Å². The van der Waals surface area contributed by atoms with Crippen molar-refractivity contribution in [2.24, 2.45) is 5.92 Å². The van der Waals surface area contributed by atoms with Crippen LogP contribution in [0, 0.1) is 5.92 Å². The highest BCUT2D eigenvalue weighted by Gasteiger charge is 2.22. The van der Waals surface area contributed by atoms with E-state index in [1.807, 2.05) is 20.8 Å². The Bertz CT molecular complexity index is 316. The fourth-order valence-corrected chi connectivity index (χ4v) is 1.71. The minimum Gasteiger partial charge on any atom is -0.466 e. The molecule has 0 unspecified atom stereocenters. The van der Waals surface area contributed by atoms with Gasteiger partial charge in [-0.25, -0.2) is 9.59 Å². The van der Waals surface area contributed by atoms with Crippen molar-refractivity contribution < 1.29 is 19.1 Å². The van der Waals surface area contributed by atoms with Crippen LogP contribution in [-0.2, 0) is 19.1 Å². The van der Waals surface area contributed by atoms with E-state index in [4.69, 9.17) is 9.47 Å². The number of methoxy groups -OCH3 is 2. The minimum atomic E-state index is -0.430. The van der Waals surface area contributed by atoms with Crippen LogP contribution in [0.4, 0.5) is 0 Å². The summed E-state index contributed by atoms with van der Waals surface area (Å²) in [6.45, 7) is 6.03. The van der Waals surface area contributed by atoms with E-state index in [9.17, 15) is 9.59 Å². The highest BCUT2D eigenvalue weighted by Crippen LogP contribution is 2.22. The maximum Gasteiger partial charge on any atom is 0.334 e.